The molecular formula is C8H12N4O. The molecule has 1 amide bonds. The first-order chi connectivity index (χ1) is 6.24. The average molecular weight is 180 g/mol. The fourth-order valence-corrected chi connectivity index (χ4v) is 0.918. The molecule has 1 rings (SSSR count). The van der Waals surface area contributed by atoms with E-state index in [0.29, 0.717) is 5.69 Å². The van der Waals surface area contributed by atoms with Crippen molar-refractivity contribution in [2.75, 3.05) is 0 Å². The topological polar surface area (TPSA) is 70.7 Å². The third kappa shape index (κ3) is 2.70. The van der Waals surface area contributed by atoms with Gasteiger partial charge in [0.2, 0.25) is 0 Å². The molecule has 0 saturated carbocycles. The number of hydrogen-bond acceptors (Lipinski definition) is 3. The van der Waals surface area contributed by atoms with Gasteiger partial charge in [0.1, 0.15) is 0 Å². The van der Waals surface area contributed by atoms with Crippen LogP contribution in [-0.2, 0) is 0 Å². The predicted molar refractivity (Wildman–Crippen MR) is 48.1 cm³/mol. The number of amides is 1. The van der Waals surface area contributed by atoms with Crippen molar-refractivity contribution in [3.63, 3.8) is 0 Å². The normalized spacial score (nSPS) is 12.1. The fraction of sp³-hybridized carbons (Fsp3) is 0.375. The van der Waals surface area contributed by atoms with Crippen LogP contribution >= 0.6 is 0 Å². The van der Waals surface area contributed by atoms with E-state index in [2.05, 4.69) is 27.3 Å². The number of nitrogens with zero attached hydrogens (tertiary/aromatic N) is 2. The van der Waals surface area contributed by atoms with Crippen LogP contribution in [0.15, 0.2) is 18.9 Å². The van der Waals surface area contributed by atoms with Gasteiger partial charge in [-0.15, -0.1) is 6.58 Å². The lowest BCUT2D eigenvalue weighted by Crippen LogP contribution is -2.32. The van der Waals surface area contributed by atoms with Crippen LogP contribution in [0.1, 0.15) is 23.8 Å². The van der Waals surface area contributed by atoms with Gasteiger partial charge in [-0.25, -0.2) is 0 Å². The lowest BCUT2D eigenvalue weighted by molar-refractivity contribution is 0.0935. The lowest BCUT2D eigenvalue weighted by atomic mass is 10.2. The highest BCUT2D eigenvalue weighted by Gasteiger charge is 2.10. The molecule has 0 aliphatic heterocycles. The van der Waals surface area contributed by atoms with Crippen LogP contribution in [0.4, 0.5) is 0 Å². The Bertz CT molecular complexity index is 280. The quantitative estimate of drug-likeness (QED) is 0.663. The molecule has 2 N–H and O–H groups in total. The molecule has 0 spiro atoms. The minimum Gasteiger partial charge on any atom is -0.348 e. The predicted octanol–water partition coefficient (Wildman–Crippen LogP) is 0.499. The number of nitrogens with one attached hydrogen (secondary N) is 2. The van der Waals surface area contributed by atoms with Crippen LogP contribution in [0.3, 0.4) is 0 Å². The van der Waals surface area contributed by atoms with Gasteiger partial charge < -0.3 is 5.32 Å². The fourth-order valence-electron chi connectivity index (χ4n) is 0.918. The van der Waals surface area contributed by atoms with Crippen molar-refractivity contribution in [1.82, 2.24) is 20.7 Å². The summed E-state index contributed by atoms with van der Waals surface area (Å²) >= 11 is 0. The maximum Gasteiger partial charge on any atom is 0.273 e. The van der Waals surface area contributed by atoms with Gasteiger partial charge in [-0.2, -0.15) is 15.4 Å². The maximum absolute atomic E-state index is 11.3. The molecule has 0 saturated heterocycles. The monoisotopic (exact) mass is 180 g/mol. The Labute approximate surface area is 76.2 Å². The van der Waals surface area contributed by atoms with E-state index in [1.807, 2.05) is 6.92 Å². The molecule has 0 radical (unpaired) electrons. The molecule has 5 nitrogen and oxygen atoms in total. The number of hydrogen-bond donors (Lipinski definition) is 2. The van der Waals surface area contributed by atoms with Crippen LogP contribution in [0.2, 0.25) is 0 Å². The smallest absolute Gasteiger partial charge is 0.273 e. The van der Waals surface area contributed by atoms with Crippen molar-refractivity contribution in [2.45, 2.75) is 19.4 Å². The molecule has 1 atom stereocenters. The van der Waals surface area contributed by atoms with Crippen LogP contribution in [0.5, 0.6) is 0 Å². The highest BCUT2D eigenvalue weighted by atomic mass is 16.2. The van der Waals surface area contributed by atoms with Crippen molar-refractivity contribution in [1.29, 1.82) is 0 Å². The van der Waals surface area contributed by atoms with Gasteiger partial charge in [0, 0.05) is 6.04 Å². The van der Waals surface area contributed by atoms with Crippen molar-refractivity contribution in [3.05, 3.63) is 24.5 Å². The first kappa shape index (κ1) is 9.44. The molecular weight excluding hydrogens is 168 g/mol. The Balaban J connectivity index is 2.46. The van der Waals surface area contributed by atoms with E-state index < -0.39 is 0 Å². The number of aromatic amines is 1. The average Bonchev–Trinajstić information content (AvgIpc) is 2.55. The van der Waals surface area contributed by atoms with Gasteiger partial charge in [0.15, 0.2) is 5.69 Å². The Hall–Kier alpha value is -1.65. The zero-order valence-corrected chi connectivity index (χ0v) is 7.45. The van der Waals surface area contributed by atoms with Crippen molar-refractivity contribution in [2.24, 2.45) is 0 Å². The SMILES string of the molecule is C=CCC(C)NC(=O)c1cn[nH]n1. The summed E-state index contributed by atoms with van der Waals surface area (Å²) in [5, 5.41) is 12.3. The zero-order valence-electron chi connectivity index (χ0n) is 7.45. The van der Waals surface area contributed by atoms with Gasteiger partial charge in [-0.05, 0) is 13.3 Å². The highest BCUT2D eigenvalue weighted by molar-refractivity contribution is 5.91. The number of carbonyl (C=O) groups excluding carboxylic acids is 1. The van der Waals surface area contributed by atoms with Gasteiger partial charge >= 0.3 is 0 Å². The summed E-state index contributed by atoms with van der Waals surface area (Å²) in [5.41, 5.74) is 0.302. The second-order valence-corrected chi connectivity index (χ2v) is 2.75. The molecule has 0 bridgehead atoms. The van der Waals surface area contributed by atoms with E-state index in [1.165, 1.54) is 6.20 Å². The second-order valence-electron chi connectivity index (χ2n) is 2.75. The molecule has 1 heterocycles. The summed E-state index contributed by atoms with van der Waals surface area (Å²) in [4.78, 5) is 11.3. The molecule has 13 heavy (non-hydrogen) atoms. The molecule has 0 fully saturated rings. The summed E-state index contributed by atoms with van der Waals surface area (Å²) in [6.07, 6.45) is 3.88. The maximum atomic E-state index is 11.3. The standard InChI is InChI=1S/C8H12N4O/c1-3-4-6(2)10-8(13)7-5-9-12-11-7/h3,5-6H,1,4H2,2H3,(H,10,13)(H,9,11,12). The Morgan fingerprint density at radius 2 is 2.69 bits per heavy atom. The molecule has 1 aromatic heterocycles. The number of rotatable bonds is 4. The van der Waals surface area contributed by atoms with E-state index in [9.17, 15) is 4.79 Å². The van der Waals surface area contributed by atoms with Gasteiger partial charge in [-0.1, -0.05) is 6.08 Å². The number of aromatic nitrogens is 3. The molecule has 5 heteroatoms. The van der Waals surface area contributed by atoms with Gasteiger partial charge in [0.05, 0.1) is 6.20 Å². The summed E-state index contributed by atoms with van der Waals surface area (Å²) in [6.45, 7) is 5.49. The Morgan fingerprint density at radius 3 is 3.23 bits per heavy atom. The van der Waals surface area contributed by atoms with Crippen molar-refractivity contribution >= 4 is 5.91 Å². The first-order valence-electron chi connectivity index (χ1n) is 4.01. The van der Waals surface area contributed by atoms with E-state index in [1.54, 1.807) is 6.08 Å². The van der Waals surface area contributed by atoms with Crippen molar-refractivity contribution in [3.8, 4) is 0 Å². The minimum atomic E-state index is -0.219. The Kier molecular flexibility index (Phi) is 3.19. The number of carbonyl (C=O) groups is 1. The van der Waals surface area contributed by atoms with Crippen molar-refractivity contribution < 1.29 is 4.79 Å². The summed E-state index contributed by atoms with van der Waals surface area (Å²) in [5.74, 6) is -0.219. The number of H-pyrrole nitrogens is 1. The van der Waals surface area contributed by atoms with E-state index >= 15 is 0 Å². The molecule has 0 aromatic carbocycles. The largest absolute Gasteiger partial charge is 0.348 e. The summed E-state index contributed by atoms with van der Waals surface area (Å²) in [6, 6.07) is 0.0710. The second kappa shape index (κ2) is 4.39. The van der Waals surface area contributed by atoms with E-state index in [-0.39, 0.29) is 11.9 Å². The van der Waals surface area contributed by atoms with Gasteiger partial charge in [0.25, 0.3) is 5.91 Å². The summed E-state index contributed by atoms with van der Waals surface area (Å²) in [7, 11) is 0. The molecule has 1 unspecified atom stereocenters. The molecule has 1 aromatic rings. The molecule has 0 aliphatic carbocycles. The van der Waals surface area contributed by atoms with Gasteiger partial charge in [-0.3, -0.25) is 4.79 Å². The first-order valence-corrected chi connectivity index (χ1v) is 4.01. The molecule has 70 valence electrons. The highest BCUT2D eigenvalue weighted by Crippen LogP contribution is 1.94. The third-order valence-electron chi connectivity index (χ3n) is 1.55. The van der Waals surface area contributed by atoms with Crippen LogP contribution < -0.4 is 5.32 Å². The summed E-state index contributed by atoms with van der Waals surface area (Å²) < 4.78 is 0. The Morgan fingerprint density at radius 1 is 1.92 bits per heavy atom. The van der Waals surface area contributed by atoms with Crippen LogP contribution in [0.25, 0.3) is 0 Å². The van der Waals surface area contributed by atoms with Crippen LogP contribution in [-0.4, -0.2) is 27.4 Å². The minimum absolute atomic E-state index is 0.0710. The van der Waals surface area contributed by atoms with E-state index in [4.69, 9.17) is 0 Å². The molecule has 0 aliphatic rings. The third-order valence-corrected chi connectivity index (χ3v) is 1.55. The lowest BCUT2D eigenvalue weighted by Gasteiger charge is -2.09. The van der Waals surface area contributed by atoms with E-state index in [0.717, 1.165) is 6.42 Å². The zero-order chi connectivity index (χ0) is 9.68. The van der Waals surface area contributed by atoms with Crippen LogP contribution in [0, 0.1) is 0 Å².